The van der Waals surface area contributed by atoms with Crippen molar-refractivity contribution in [1.29, 1.82) is 0 Å². The van der Waals surface area contributed by atoms with E-state index in [2.05, 4.69) is 15.3 Å². The Morgan fingerprint density at radius 1 is 1.29 bits per heavy atom. The van der Waals surface area contributed by atoms with Gasteiger partial charge in [0.15, 0.2) is 5.82 Å². The summed E-state index contributed by atoms with van der Waals surface area (Å²) in [6.45, 7) is 1.64. The Kier molecular flexibility index (Phi) is 4.51. The van der Waals surface area contributed by atoms with Crippen molar-refractivity contribution in [1.82, 2.24) is 9.97 Å². The van der Waals surface area contributed by atoms with Crippen LogP contribution in [0.2, 0.25) is 5.02 Å². The van der Waals surface area contributed by atoms with E-state index in [1.807, 2.05) is 0 Å². The number of halogens is 2. The number of fused-ring (bicyclic) bond motifs is 1. The predicted octanol–water partition coefficient (Wildman–Crippen LogP) is 4.23. The zero-order chi connectivity index (χ0) is 17.3. The molecule has 1 aromatic heterocycles. The average Bonchev–Trinajstić information content (AvgIpc) is 2.58. The second kappa shape index (κ2) is 6.59. The third-order valence-corrected chi connectivity index (χ3v) is 3.93. The molecular formula is C17H15ClFN3O2. The Bertz CT molecular complexity index is 902. The first-order valence-electron chi connectivity index (χ1n) is 7.23. The van der Waals surface area contributed by atoms with Crippen LogP contribution in [0.3, 0.4) is 0 Å². The molecule has 0 bridgehead atoms. The molecule has 1 unspecified atom stereocenters. The van der Waals surface area contributed by atoms with Gasteiger partial charge >= 0.3 is 0 Å². The second-order valence-corrected chi connectivity index (χ2v) is 5.64. The molecule has 5 nitrogen and oxygen atoms in total. The number of rotatable bonds is 4. The Morgan fingerprint density at radius 3 is 2.79 bits per heavy atom. The molecule has 0 saturated carbocycles. The summed E-state index contributed by atoms with van der Waals surface area (Å²) in [7, 11) is 1.52. The number of aromatic nitrogens is 2. The SMILES string of the molecule is COc1cc2ncnc(Nc3cccc(Cl)c3F)c2cc1C(C)O. The molecule has 7 heteroatoms. The van der Waals surface area contributed by atoms with E-state index >= 15 is 0 Å². The zero-order valence-corrected chi connectivity index (χ0v) is 13.8. The van der Waals surface area contributed by atoms with Gasteiger partial charge in [0.25, 0.3) is 0 Å². The van der Waals surface area contributed by atoms with Crippen LogP contribution in [-0.4, -0.2) is 22.2 Å². The molecule has 3 aromatic rings. The number of ether oxygens (including phenoxy) is 1. The van der Waals surface area contributed by atoms with Crippen molar-refractivity contribution in [3.05, 3.63) is 53.1 Å². The summed E-state index contributed by atoms with van der Waals surface area (Å²) >= 11 is 5.81. The molecule has 1 heterocycles. The summed E-state index contributed by atoms with van der Waals surface area (Å²) in [5.74, 6) is 0.372. The van der Waals surface area contributed by atoms with E-state index in [1.165, 1.54) is 19.5 Å². The van der Waals surface area contributed by atoms with Gasteiger partial charge in [0, 0.05) is 17.0 Å². The first-order chi connectivity index (χ1) is 11.5. The van der Waals surface area contributed by atoms with Gasteiger partial charge in [-0.25, -0.2) is 14.4 Å². The Labute approximate surface area is 143 Å². The number of nitrogens with one attached hydrogen (secondary N) is 1. The zero-order valence-electron chi connectivity index (χ0n) is 13.0. The van der Waals surface area contributed by atoms with Gasteiger partial charge in [-0.2, -0.15) is 0 Å². The lowest BCUT2D eigenvalue weighted by Crippen LogP contribution is -2.01. The van der Waals surface area contributed by atoms with Crippen LogP contribution in [0.4, 0.5) is 15.9 Å². The van der Waals surface area contributed by atoms with Crippen LogP contribution >= 0.6 is 11.6 Å². The molecule has 24 heavy (non-hydrogen) atoms. The molecule has 124 valence electrons. The van der Waals surface area contributed by atoms with Gasteiger partial charge < -0.3 is 15.2 Å². The number of benzene rings is 2. The monoisotopic (exact) mass is 347 g/mol. The van der Waals surface area contributed by atoms with Gasteiger partial charge in [0.05, 0.1) is 29.4 Å². The lowest BCUT2D eigenvalue weighted by molar-refractivity contribution is 0.194. The largest absolute Gasteiger partial charge is 0.496 e. The van der Waals surface area contributed by atoms with E-state index in [1.54, 1.807) is 31.2 Å². The highest BCUT2D eigenvalue weighted by atomic mass is 35.5. The van der Waals surface area contributed by atoms with Crippen LogP contribution in [0.1, 0.15) is 18.6 Å². The average molecular weight is 348 g/mol. The number of methoxy groups -OCH3 is 1. The van der Waals surface area contributed by atoms with Gasteiger partial charge in [0.2, 0.25) is 0 Å². The minimum Gasteiger partial charge on any atom is -0.496 e. The molecule has 2 N–H and O–H groups in total. The van der Waals surface area contributed by atoms with Gasteiger partial charge in [-0.05, 0) is 25.1 Å². The molecule has 0 aliphatic rings. The quantitative estimate of drug-likeness (QED) is 0.739. The van der Waals surface area contributed by atoms with E-state index in [0.717, 1.165) is 0 Å². The molecule has 2 aromatic carbocycles. The smallest absolute Gasteiger partial charge is 0.165 e. The number of aliphatic hydroxyl groups excluding tert-OH is 1. The Morgan fingerprint density at radius 2 is 2.08 bits per heavy atom. The minimum atomic E-state index is -0.736. The van der Waals surface area contributed by atoms with Gasteiger partial charge in [0.1, 0.15) is 17.9 Å². The highest BCUT2D eigenvalue weighted by Crippen LogP contribution is 2.33. The van der Waals surface area contributed by atoms with Crippen LogP contribution in [0.25, 0.3) is 10.9 Å². The maximum atomic E-state index is 14.1. The van der Waals surface area contributed by atoms with E-state index in [-0.39, 0.29) is 10.7 Å². The van der Waals surface area contributed by atoms with Crippen LogP contribution < -0.4 is 10.1 Å². The van der Waals surface area contributed by atoms with E-state index in [9.17, 15) is 9.50 Å². The molecule has 0 aliphatic heterocycles. The van der Waals surface area contributed by atoms with Crippen molar-refractivity contribution in [2.24, 2.45) is 0 Å². The van der Waals surface area contributed by atoms with Crippen LogP contribution in [0, 0.1) is 5.82 Å². The van der Waals surface area contributed by atoms with Crippen molar-refractivity contribution in [3.8, 4) is 5.75 Å². The molecule has 0 saturated heterocycles. The van der Waals surface area contributed by atoms with Crippen molar-refractivity contribution in [2.75, 3.05) is 12.4 Å². The molecule has 0 fully saturated rings. The second-order valence-electron chi connectivity index (χ2n) is 5.24. The first-order valence-corrected chi connectivity index (χ1v) is 7.60. The number of aliphatic hydroxyl groups is 1. The molecule has 3 rings (SSSR count). The van der Waals surface area contributed by atoms with E-state index in [0.29, 0.717) is 28.0 Å². The lowest BCUT2D eigenvalue weighted by Gasteiger charge is -2.14. The lowest BCUT2D eigenvalue weighted by atomic mass is 10.1. The summed E-state index contributed by atoms with van der Waals surface area (Å²) in [6.07, 6.45) is 0.634. The topological polar surface area (TPSA) is 67.3 Å². The molecule has 0 aliphatic carbocycles. The first kappa shape index (κ1) is 16.4. The molecular weight excluding hydrogens is 333 g/mol. The van der Waals surface area contributed by atoms with Gasteiger partial charge in [-0.1, -0.05) is 17.7 Å². The maximum Gasteiger partial charge on any atom is 0.165 e. The predicted molar refractivity (Wildman–Crippen MR) is 91.4 cm³/mol. The Hall–Kier alpha value is -2.44. The normalized spacial score (nSPS) is 12.2. The molecule has 0 spiro atoms. The highest BCUT2D eigenvalue weighted by Gasteiger charge is 2.15. The number of hydrogen-bond acceptors (Lipinski definition) is 5. The summed E-state index contributed by atoms with van der Waals surface area (Å²) in [5, 5.41) is 13.5. The fraction of sp³-hybridized carbons (Fsp3) is 0.176. The van der Waals surface area contributed by atoms with Crippen molar-refractivity contribution in [3.63, 3.8) is 0 Å². The fourth-order valence-corrected chi connectivity index (χ4v) is 2.61. The third-order valence-electron chi connectivity index (χ3n) is 3.64. The van der Waals surface area contributed by atoms with Crippen molar-refractivity contribution < 1.29 is 14.2 Å². The number of anilines is 2. The van der Waals surface area contributed by atoms with Crippen LogP contribution in [-0.2, 0) is 0 Å². The van der Waals surface area contributed by atoms with Crippen molar-refractivity contribution >= 4 is 34.0 Å². The molecule has 0 radical (unpaired) electrons. The van der Waals surface area contributed by atoms with Gasteiger partial charge in [-0.15, -0.1) is 0 Å². The van der Waals surface area contributed by atoms with Crippen molar-refractivity contribution in [2.45, 2.75) is 13.0 Å². The molecule has 0 amide bonds. The number of nitrogens with zero attached hydrogens (tertiary/aromatic N) is 2. The summed E-state index contributed by atoms with van der Waals surface area (Å²) in [6, 6.07) is 8.11. The summed E-state index contributed by atoms with van der Waals surface area (Å²) in [4.78, 5) is 8.37. The van der Waals surface area contributed by atoms with Gasteiger partial charge in [-0.3, -0.25) is 0 Å². The number of hydrogen-bond donors (Lipinski definition) is 2. The Balaban J connectivity index is 2.14. The standard InChI is InChI=1S/C17H15ClFN3O2/c1-9(23)10-6-11-14(7-15(10)24-2)20-8-21-17(11)22-13-5-3-4-12(18)16(13)19/h3-9,23H,1-2H3,(H,20,21,22). The summed E-state index contributed by atoms with van der Waals surface area (Å²) in [5.41, 5.74) is 1.41. The third kappa shape index (κ3) is 2.98. The van der Waals surface area contributed by atoms with E-state index in [4.69, 9.17) is 16.3 Å². The van der Waals surface area contributed by atoms with E-state index < -0.39 is 11.9 Å². The highest BCUT2D eigenvalue weighted by molar-refractivity contribution is 6.31. The molecule has 1 atom stereocenters. The van der Waals surface area contributed by atoms with Crippen LogP contribution in [0.5, 0.6) is 5.75 Å². The maximum absolute atomic E-state index is 14.1. The van der Waals surface area contributed by atoms with Crippen LogP contribution in [0.15, 0.2) is 36.7 Å². The fourth-order valence-electron chi connectivity index (χ4n) is 2.43. The summed E-state index contributed by atoms with van der Waals surface area (Å²) < 4.78 is 19.4. The minimum absolute atomic E-state index is 0.0182.